The number of carbonyl (C=O) groups is 2. The van der Waals surface area contributed by atoms with Gasteiger partial charge in [0, 0.05) is 78.6 Å². The molecule has 1 aliphatic carbocycles. The van der Waals surface area contributed by atoms with Crippen molar-refractivity contribution in [3.63, 3.8) is 0 Å². The predicted octanol–water partition coefficient (Wildman–Crippen LogP) is 12.2. The number of hydrogen-bond acceptors (Lipinski definition) is 8. The summed E-state index contributed by atoms with van der Waals surface area (Å²) >= 11 is 0. The second-order valence-corrected chi connectivity index (χ2v) is 15.2. The first-order valence-electron chi connectivity index (χ1n) is 21.1. The van der Waals surface area contributed by atoms with Gasteiger partial charge < -0.3 is 28.7 Å². The molecule has 0 radical (unpaired) electrons. The first kappa shape index (κ1) is 42.3. The molecule has 0 spiro atoms. The molecule has 8 aromatic rings. The normalized spacial score (nSPS) is 11.2. The van der Waals surface area contributed by atoms with Crippen molar-refractivity contribution >= 4 is 45.7 Å². The molecule has 0 saturated heterocycles. The van der Waals surface area contributed by atoms with Crippen LogP contribution in [0.2, 0.25) is 0 Å². The fourth-order valence-electron chi connectivity index (χ4n) is 7.94. The van der Waals surface area contributed by atoms with Gasteiger partial charge in [0.05, 0.1) is 28.4 Å². The Balaban J connectivity index is 0.992. The van der Waals surface area contributed by atoms with E-state index in [-0.39, 0.29) is 22.7 Å². The molecule has 8 nitrogen and oxygen atoms in total. The Labute approximate surface area is 384 Å². The van der Waals surface area contributed by atoms with Crippen LogP contribution in [-0.4, -0.2) is 40.0 Å². The summed E-state index contributed by atoms with van der Waals surface area (Å²) < 4.78 is 21.6. The van der Waals surface area contributed by atoms with E-state index in [1.54, 1.807) is 64.8 Å². The zero-order valence-electron chi connectivity index (χ0n) is 36.7. The molecule has 0 atom stereocenters. The Morgan fingerprint density at radius 2 is 0.591 bits per heavy atom. The maximum Gasteiger partial charge on any atom is 0.197 e. The number of carbonyl (C=O) groups excluding carboxylic acids is 2. The molecule has 0 amide bonds. The molecule has 0 N–H and O–H groups in total. The lowest BCUT2D eigenvalue weighted by atomic mass is 9.80. The van der Waals surface area contributed by atoms with Gasteiger partial charge in [-0.15, -0.1) is 0 Å². The number of rotatable bonds is 10. The summed E-state index contributed by atoms with van der Waals surface area (Å²) in [6.07, 6.45) is 0. The summed E-state index contributed by atoms with van der Waals surface area (Å²) in [5.41, 5.74) is 9.22. The van der Waals surface area contributed by atoms with Crippen LogP contribution in [0.25, 0.3) is 0 Å². The summed E-state index contributed by atoms with van der Waals surface area (Å²) in [6, 6.07) is 57.7. The van der Waals surface area contributed by atoms with Gasteiger partial charge in [0.15, 0.2) is 11.6 Å². The summed E-state index contributed by atoms with van der Waals surface area (Å²) in [6.45, 7) is 0. The first-order chi connectivity index (χ1) is 32.3. The second kappa shape index (κ2) is 18.8. The largest absolute Gasteiger partial charge is 0.497 e. The molecule has 0 saturated carbocycles. The standard InChI is InChI=1S/C58H42N2O6/c1-63-49-31-23-45(24-32-49)59(46-25-33-50(64-2)34-26-46)43-19-13-39(14-20-43)11-17-41-7-5-9-53-55(41)58(62)56-42(8-6-10-54(56)57(53)61)18-12-40-15-21-44(22-16-40)60(47-27-35-51(65-3)36-28-47)48-29-37-52(66-4)38-30-48/h5-10,13-16,19-38H,1-4H3. The highest BCUT2D eigenvalue weighted by Crippen LogP contribution is 2.38. The molecule has 0 bridgehead atoms. The third-order valence-corrected chi connectivity index (χ3v) is 11.3. The van der Waals surface area contributed by atoms with Crippen LogP contribution in [0.15, 0.2) is 182 Å². The zero-order valence-corrected chi connectivity index (χ0v) is 36.7. The predicted molar refractivity (Wildman–Crippen MR) is 260 cm³/mol. The lowest BCUT2D eigenvalue weighted by Gasteiger charge is -2.25. The van der Waals surface area contributed by atoms with E-state index in [2.05, 4.69) is 33.5 Å². The lowest BCUT2D eigenvalue weighted by Crippen LogP contribution is -2.23. The lowest BCUT2D eigenvalue weighted by molar-refractivity contribution is 0.0978. The minimum Gasteiger partial charge on any atom is -0.497 e. The van der Waals surface area contributed by atoms with Crippen LogP contribution < -0.4 is 28.7 Å². The van der Waals surface area contributed by atoms with Crippen LogP contribution in [0.3, 0.4) is 0 Å². The van der Waals surface area contributed by atoms with Gasteiger partial charge in [0.25, 0.3) is 0 Å². The van der Waals surface area contributed by atoms with Crippen LogP contribution >= 0.6 is 0 Å². The fraction of sp³-hybridized carbons (Fsp3) is 0.0690. The van der Waals surface area contributed by atoms with Crippen LogP contribution in [0.4, 0.5) is 34.1 Å². The topological polar surface area (TPSA) is 77.5 Å². The Hall–Kier alpha value is -8.98. The van der Waals surface area contributed by atoms with Crippen molar-refractivity contribution in [2.45, 2.75) is 0 Å². The smallest absolute Gasteiger partial charge is 0.197 e. The highest BCUT2D eigenvalue weighted by molar-refractivity contribution is 6.30. The summed E-state index contributed by atoms with van der Waals surface area (Å²) in [5.74, 6) is 15.4. The maximum absolute atomic E-state index is 14.5. The molecule has 1 aliphatic rings. The van der Waals surface area contributed by atoms with Gasteiger partial charge >= 0.3 is 0 Å². The molecule has 8 aromatic carbocycles. The highest BCUT2D eigenvalue weighted by atomic mass is 16.5. The van der Waals surface area contributed by atoms with Gasteiger partial charge in [-0.05, 0) is 158 Å². The van der Waals surface area contributed by atoms with Crippen molar-refractivity contribution < 1.29 is 28.5 Å². The number of benzene rings is 8. The fourth-order valence-corrected chi connectivity index (χ4v) is 7.94. The number of hydrogen-bond donors (Lipinski definition) is 0. The van der Waals surface area contributed by atoms with Gasteiger partial charge in [-0.3, -0.25) is 9.59 Å². The van der Waals surface area contributed by atoms with Crippen LogP contribution in [0.1, 0.15) is 54.1 Å². The Bertz CT molecular complexity index is 2880. The second-order valence-electron chi connectivity index (χ2n) is 15.2. The van der Waals surface area contributed by atoms with E-state index in [4.69, 9.17) is 18.9 Å². The van der Waals surface area contributed by atoms with E-state index >= 15 is 0 Å². The molecular weight excluding hydrogens is 821 g/mol. The molecule has 66 heavy (non-hydrogen) atoms. The van der Waals surface area contributed by atoms with Gasteiger partial charge in [-0.1, -0.05) is 47.9 Å². The molecule has 0 aliphatic heterocycles. The molecule has 0 aromatic heterocycles. The maximum atomic E-state index is 14.5. The number of fused-ring (bicyclic) bond motifs is 2. The summed E-state index contributed by atoms with van der Waals surface area (Å²) in [7, 11) is 6.58. The van der Waals surface area contributed by atoms with Crippen molar-refractivity contribution in [3.05, 3.63) is 226 Å². The molecule has 0 unspecified atom stereocenters. The third-order valence-electron chi connectivity index (χ3n) is 11.3. The summed E-state index contributed by atoms with van der Waals surface area (Å²) in [4.78, 5) is 32.8. The van der Waals surface area contributed by atoms with Gasteiger partial charge in [-0.2, -0.15) is 0 Å². The van der Waals surface area contributed by atoms with E-state index in [9.17, 15) is 9.59 Å². The molecule has 8 heteroatoms. The van der Waals surface area contributed by atoms with E-state index < -0.39 is 0 Å². The Morgan fingerprint density at radius 1 is 0.318 bits per heavy atom. The van der Waals surface area contributed by atoms with Crippen molar-refractivity contribution in [3.8, 4) is 46.7 Å². The van der Waals surface area contributed by atoms with E-state index in [1.165, 1.54) is 0 Å². The van der Waals surface area contributed by atoms with E-state index in [1.807, 2.05) is 146 Å². The van der Waals surface area contributed by atoms with Gasteiger partial charge in [-0.25, -0.2) is 0 Å². The quantitative estimate of drug-likeness (QED) is 0.126. The van der Waals surface area contributed by atoms with E-state index in [0.717, 1.165) is 68.2 Å². The molecular formula is C58H42N2O6. The number of methoxy groups -OCH3 is 4. The van der Waals surface area contributed by atoms with Crippen molar-refractivity contribution in [2.24, 2.45) is 0 Å². The van der Waals surface area contributed by atoms with Gasteiger partial charge in [0.2, 0.25) is 0 Å². The number of anilines is 6. The number of nitrogens with zero attached hydrogens (tertiary/aromatic N) is 2. The van der Waals surface area contributed by atoms with Gasteiger partial charge in [0.1, 0.15) is 23.0 Å². The molecule has 0 heterocycles. The van der Waals surface area contributed by atoms with Crippen molar-refractivity contribution in [2.75, 3.05) is 38.2 Å². The first-order valence-corrected chi connectivity index (χ1v) is 21.1. The third kappa shape index (κ3) is 8.55. The highest BCUT2D eigenvalue weighted by Gasteiger charge is 2.33. The number of ether oxygens (including phenoxy) is 4. The van der Waals surface area contributed by atoms with Crippen molar-refractivity contribution in [1.29, 1.82) is 0 Å². The van der Waals surface area contributed by atoms with E-state index in [0.29, 0.717) is 22.3 Å². The summed E-state index contributed by atoms with van der Waals surface area (Å²) in [5, 5.41) is 0. The average molecular weight is 863 g/mol. The zero-order chi connectivity index (χ0) is 45.6. The minimum atomic E-state index is -0.288. The molecule has 320 valence electrons. The van der Waals surface area contributed by atoms with Crippen LogP contribution in [-0.2, 0) is 0 Å². The monoisotopic (exact) mass is 862 g/mol. The molecule has 0 fully saturated rings. The number of ketones is 2. The average Bonchev–Trinajstić information content (AvgIpc) is 3.38. The van der Waals surface area contributed by atoms with Crippen LogP contribution in [0.5, 0.6) is 23.0 Å². The van der Waals surface area contributed by atoms with Crippen LogP contribution in [0, 0.1) is 23.7 Å². The Kier molecular flexibility index (Phi) is 12.0. The van der Waals surface area contributed by atoms with Crippen molar-refractivity contribution in [1.82, 2.24) is 0 Å². The Morgan fingerprint density at radius 3 is 0.864 bits per heavy atom. The SMILES string of the molecule is COc1ccc(N(c2ccc(C#Cc3cccc4c3C(=O)c3c(C#Cc5ccc(N(c6ccc(OC)cc6)c6ccc(OC)cc6)cc5)cccc3C4=O)cc2)c2ccc(OC)cc2)cc1. The minimum absolute atomic E-state index is 0.241. The molecule has 9 rings (SSSR count).